The van der Waals surface area contributed by atoms with Crippen LogP contribution < -0.4 is 0 Å². The van der Waals surface area contributed by atoms with E-state index in [1.807, 2.05) is 13.0 Å². The Morgan fingerprint density at radius 1 is 1.36 bits per heavy atom. The Kier molecular flexibility index (Phi) is 3.20. The molecule has 0 aromatic heterocycles. The van der Waals surface area contributed by atoms with Gasteiger partial charge in [0, 0.05) is 12.2 Å². The maximum atomic E-state index is 10.1. The molecule has 1 aliphatic carbocycles. The molecular weight excluding hydrogens is 176 g/mol. The molecule has 0 radical (unpaired) electrons. The number of hydrogen-bond acceptors (Lipinski definition) is 2. The maximum Gasteiger partial charge on any atom is 0.0907 e. The van der Waals surface area contributed by atoms with Crippen molar-refractivity contribution < 1.29 is 10.2 Å². The molecule has 2 N–H and O–H groups in total. The number of rotatable bonds is 2. The van der Waals surface area contributed by atoms with E-state index < -0.39 is 5.60 Å². The van der Waals surface area contributed by atoms with Crippen LogP contribution >= 0.6 is 0 Å². The van der Waals surface area contributed by atoms with Gasteiger partial charge >= 0.3 is 0 Å². The Labute approximate surface area is 86.0 Å². The van der Waals surface area contributed by atoms with Gasteiger partial charge in [-0.05, 0) is 37.7 Å². The standard InChI is InChI=1S/C12H20O2/c1-11(2)7-8-12(3,14)10(11)6-4-5-9-13/h4,13-14H,5,7-9H2,1-3H3. The van der Waals surface area contributed by atoms with Crippen LogP contribution in [0.4, 0.5) is 0 Å². The Bertz CT molecular complexity index is 250. The molecule has 0 aromatic carbocycles. The molecule has 0 bridgehead atoms. The second-order valence-corrected chi connectivity index (χ2v) is 4.89. The average molecular weight is 196 g/mol. The SMILES string of the molecule is CC1(C)CCC(C)(O)C1=C=CCCO. The minimum Gasteiger partial charge on any atom is -0.396 e. The van der Waals surface area contributed by atoms with E-state index >= 15 is 0 Å². The van der Waals surface area contributed by atoms with E-state index in [0.29, 0.717) is 6.42 Å². The second-order valence-electron chi connectivity index (χ2n) is 4.89. The van der Waals surface area contributed by atoms with Gasteiger partial charge < -0.3 is 10.2 Å². The average Bonchev–Trinajstić information content (AvgIpc) is 2.27. The first-order chi connectivity index (χ1) is 6.40. The molecule has 1 rings (SSSR count). The topological polar surface area (TPSA) is 40.5 Å². The Morgan fingerprint density at radius 3 is 2.43 bits per heavy atom. The van der Waals surface area contributed by atoms with Gasteiger partial charge in [0.05, 0.1) is 5.60 Å². The van der Waals surface area contributed by atoms with Gasteiger partial charge in [0.25, 0.3) is 0 Å². The lowest BCUT2D eigenvalue weighted by atomic mass is 9.84. The summed E-state index contributed by atoms with van der Waals surface area (Å²) in [5, 5.41) is 18.8. The van der Waals surface area contributed by atoms with E-state index in [1.54, 1.807) is 0 Å². The first-order valence-electron chi connectivity index (χ1n) is 5.19. The van der Waals surface area contributed by atoms with Crippen molar-refractivity contribution in [1.29, 1.82) is 0 Å². The number of hydrogen-bond donors (Lipinski definition) is 2. The highest BCUT2D eigenvalue weighted by Gasteiger charge is 2.43. The lowest BCUT2D eigenvalue weighted by Gasteiger charge is -2.24. The summed E-state index contributed by atoms with van der Waals surface area (Å²) in [6.45, 7) is 6.24. The van der Waals surface area contributed by atoms with Crippen LogP contribution in [0.3, 0.4) is 0 Å². The van der Waals surface area contributed by atoms with Gasteiger partial charge in [0.1, 0.15) is 0 Å². The van der Waals surface area contributed by atoms with Crippen molar-refractivity contribution in [2.24, 2.45) is 5.41 Å². The first-order valence-corrected chi connectivity index (χ1v) is 5.19. The van der Waals surface area contributed by atoms with Crippen molar-refractivity contribution in [2.45, 2.75) is 45.6 Å². The zero-order valence-corrected chi connectivity index (χ0v) is 9.30. The third kappa shape index (κ3) is 2.27. The number of aliphatic hydroxyl groups excluding tert-OH is 1. The van der Waals surface area contributed by atoms with Crippen LogP contribution in [0.5, 0.6) is 0 Å². The summed E-state index contributed by atoms with van der Waals surface area (Å²) in [5.74, 6) is 0. The van der Waals surface area contributed by atoms with Crippen LogP contribution in [0, 0.1) is 5.41 Å². The molecule has 0 saturated heterocycles. The summed E-state index contributed by atoms with van der Waals surface area (Å²) in [5.41, 5.74) is 3.44. The van der Waals surface area contributed by atoms with Crippen LogP contribution in [0.1, 0.15) is 40.0 Å². The predicted octanol–water partition coefficient (Wildman–Crippen LogP) is 2.02. The molecule has 80 valence electrons. The van der Waals surface area contributed by atoms with E-state index in [4.69, 9.17) is 5.11 Å². The van der Waals surface area contributed by atoms with Gasteiger partial charge in [0.15, 0.2) is 0 Å². The third-order valence-electron chi connectivity index (χ3n) is 2.97. The summed E-state index contributed by atoms with van der Waals surface area (Å²) in [6, 6.07) is 0. The summed E-state index contributed by atoms with van der Waals surface area (Å²) < 4.78 is 0. The van der Waals surface area contributed by atoms with Gasteiger partial charge in [-0.15, -0.1) is 5.73 Å². The normalized spacial score (nSPS) is 30.2. The highest BCUT2D eigenvalue weighted by molar-refractivity contribution is 5.27. The lowest BCUT2D eigenvalue weighted by Crippen LogP contribution is -2.24. The molecule has 0 spiro atoms. The molecule has 0 aromatic rings. The molecule has 14 heavy (non-hydrogen) atoms. The molecule has 1 unspecified atom stereocenters. The molecule has 2 heteroatoms. The summed E-state index contributed by atoms with van der Waals surface area (Å²) in [6.07, 6.45) is 4.22. The van der Waals surface area contributed by atoms with E-state index in [-0.39, 0.29) is 12.0 Å². The Hall–Kier alpha value is -0.560. The molecule has 1 fully saturated rings. The monoisotopic (exact) mass is 196 g/mol. The Morgan fingerprint density at radius 2 is 2.00 bits per heavy atom. The summed E-state index contributed by atoms with van der Waals surface area (Å²) >= 11 is 0. The molecule has 2 nitrogen and oxygen atoms in total. The molecule has 1 atom stereocenters. The van der Waals surface area contributed by atoms with E-state index in [2.05, 4.69) is 19.6 Å². The van der Waals surface area contributed by atoms with Gasteiger partial charge in [-0.25, -0.2) is 0 Å². The number of aliphatic hydroxyl groups is 2. The van der Waals surface area contributed by atoms with E-state index in [0.717, 1.165) is 18.4 Å². The Balaban J connectivity index is 2.97. The van der Waals surface area contributed by atoms with Gasteiger partial charge in [-0.1, -0.05) is 13.8 Å². The fraction of sp³-hybridized carbons (Fsp3) is 0.750. The third-order valence-corrected chi connectivity index (χ3v) is 2.97. The van der Waals surface area contributed by atoms with Crippen molar-refractivity contribution in [3.63, 3.8) is 0 Å². The minimum absolute atomic E-state index is 0.0372. The van der Waals surface area contributed by atoms with Crippen LogP contribution in [0.25, 0.3) is 0 Å². The van der Waals surface area contributed by atoms with Crippen LogP contribution in [0.15, 0.2) is 17.4 Å². The highest BCUT2D eigenvalue weighted by atomic mass is 16.3. The van der Waals surface area contributed by atoms with Crippen molar-refractivity contribution in [2.75, 3.05) is 6.61 Å². The first kappa shape index (κ1) is 11.5. The van der Waals surface area contributed by atoms with E-state index in [9.17, 15) is 5.11 Å². The molecule has 0 heterocycles. The van der Waals surface area contributed by atoms with Gasteiger partial charge in [-0.2, -0.15) is 0 Å². The second kappa shape index (κ2) is 3.90. The smallest absolute Gasteiger partial charge is 0.0907 e. The maximum absolute atomic E-state index is 10.1. The zero-order chi connectivity index (χ0) is 10.8. The molecule has 1 aliphatic rings. The van der Waals surface area contributed by atoms with Crippen LogP contribution in [-0.2, 0) is 0 Å². The largest absolute Gasteiger partial charge is 0.396 e. The van der Waals surface area contributed by atoms with Crippen LogP contribution in [-0.4, -0.2) is 22.4 Å². The zero-order valence-electron chi connectivity index (χ0n) is 9.30. The molecule has 0 amide bonds. The van der Waals surface area contributed by atoms with E-state index in [1.165, 1.54) is 0 Å². The predicted molar refractivity (Wildman–Crippen MR) is 56.9 cm³/mol. The van der Waals surface area contributed by atoms with Gasteiger partial charge in [-0.3, -0.25) is 0 Å². The lowest BCUT2D eigenvalue weighted by molar-refractivity contribution is 0.104. The van der Waals surface area contributed by atoms with Crippen molar-refractivity contribution in [3.05, 3.63) is 17.4 Å². The quantitative estimate of drug-likeness (QED) is 0.663. The fourth-order valence-electron chi connectivity index (χ4n) is 2.12. The minimum atomic E-state index is -0.713. The summed E-state index contributed by atoms with van der Waals surface area (Å²) in [7, 11) is 0. The molecule has 0 aliphatic heterocycles. The van der Waals surface area contributed by atoms with Crippen molar-refractivity contribution >= 4 is 0 Å². The van der Waals surface area contributed by atoms with Crippen LogP contribution in [0.2, 0.25) is 0 Å². The fourth-order valence-corrected chi connectivity index (χ4v) is 2.12. The van der Waals surface area contributed by atoms with Crippen molar-refractivity contribution in [1.82, 2.24) is 0 Å². The highest BCUT2D eigenvalue weighted by Crippen LogP contribution is 2.47. The van der Waals surface area contributed by atoms with Gasteiger partial charge in [0.2, 0.25) is 0 Å². The molecular formula is C12H20O2. The molecule has 1 saturated carbocycles. The summed E-state index contributed by atoms with van der Waals surface area (Å²) in [4.78, 5) is 0. The van der Waals surface area contributed by atoms with Crippen molar-refractivity contribution in [3.8, 4) is 0 Å².